The van der Waals surface area contributed by atoms with Crippen LogP contribution in [0.1, 0.15) is 53.1 Å². The zero-order chi connectivity index (χ0) is 21.5. The summed E-state index contributed by atoms with van der Waals surface area (Å²) in [6, 6.07) is 4.99. The first kappa shape index (κ1) is 20.3. The second-order valence-electron chi connectivity index (χ2n) is 7.36. The lowest BCUT2D eigenvalue weighted by atomic mass is 9.80. The number of ketones is 1. The van der Waals surface area contributed by atoms with Crippen molar-refractivity contribution in [3.63, 3.8) is 0 Å². The minimum Gasteiger partial charge on any atom is -0.493 e. The second kappa shape index (κ2) is 7.71. The van der Waals surface area contributed by atoms with Gasteiger partial charge in [-0.2, -0.15) is 13.2 Å². The highest BCUT2D eigenvalue weighted by Crippen LogP contribution is 2.36. The fourth-order valence-corrected chi connectivity index (χ4v) is 3.54. The zero-order valence-electron chi connectivity index (χ0n) is 16.2. The van der Waals surface area contributed by atoms with Gasteiger partial charge >= 0.3 is 6.18 Å². The van der Waals surface area contributed by atoms with Crippen LogP contribution in [-0.2, 0) is 12.6 Å². The Kier molecular flexibility index (Phi) is 5.23. The number of fused-ring (bicyclic) bond motifs is 1. The van der Waals surface area contributed by atoms with E-state index in [0.29, 0.717) is 36.4 Å². The van der Waals surface area contributed by atoms with Crippen LogP contribution in [0.5, 0.6) is 5.75 Å². The Hall–Kier alpha value is -2.94. The predicted molar refractivity (Wildman–Crippen MR) is 102 cm³/mol. The third-order valence-corrected chi connectivity index (χ3v) is 5.16. The van der Waals surface area contributed by atoms with Crippen LogP contribution >= 0.6 is 0 Å². The van der Waals surface area contributed by atoms with Crippen LogP contribution in [-0.4, -0.2) is 38.0 Å². The molecule has 0 unspecified atom stereocenters. The number of Topliss-reactive ketones (excluding diaryl/α,β-unsaturated/α-hetero) is 1. The lowest BCUT2D eigenvalue weighted by Crippen LogP contribution is -2.26. The molecule has 0 saturated heterocycles. The van der Waals surface area contributed by atoms with E-state index in [2.05, 4.69) is 9.97 Å². The molecule has 4 rings (SSSR count). The van der Waals surface area contributed by atoms with Crippen LogP contribution in [0, 0.1) is 0 Å². The number of aliphatic hydroxyl groups is 1. The number of imidazole rings is 1. The van der Waals surface area contributed by atoms with Crippen molar-refractivity contribution < 1.29 is 27.8 Å². The van der Waals surface area contributed by atoms with Crippen molar-refractivity contribution >= 4 is 11.4 Å². The number of pyridine rings is 2. The molecule has 3 aromatic heterocycles. The number of carbonyl (C=O) groups is 1. The zero-order valence-corrected chi connectivity index (χ0v) is 16.2. The number of hydrogen-bond acceptors (Lipinski definition) is 5. The van der Waals surface area contributed by atoms with E-state index in [9.17, 15) is 23.1 Å². The first-order valence-electron chi connectivity index (χ1n) is 9.64. The van der Waals surface area contributed by atoms with Crippen LogP contribution < -0.4 is 4.74 Å². The van der Waals surface area contributed by atoms with Crippen molar-refractivity contribution in [2.24, 2.45) is 0 Å². The van der Waals surface area contributed by atoms with Gasteiger partial charge in [0.05, 0.1) is 18.4 Å². The maximum absolute atomic E-state index is 12.9. The molecule has 9 heteroatoms. The monoisotopic (exact) mass is 419 g/mol. The second-order valence-corrected chi connectivity index (χ2v) is 7.36. The van der Waals surface area contributed by atoms with Gasteiger partial charge in [-0.15, -0.1) is 0 Å². The molecule has 158 valence electrons. The molecule has 0 aromatic carbocycles. The molecular formula is C21H20F3N3O3. The number of aliphatic hydroxyl groups excluding tert-OH is 1. The molecule has 0 aliphatic heterocycles. The van der Waals surface area contributed by atoms with E-state index in [1.165, 1.54) is 12.1 Å². The first-order chi connectivity index (χ1) is 14.2. The van der Waals surface area contributed by atoms with Gasteiger partial charge in [0, 0.05) is 36.4 Å². The van der Waals surface area contributed by atoms with Gasteiger partial charge in [0.25, 0.3) is 0 Å². The van der Waals surface area contributed by atoms with Crippen molar-refractivity contribution in [2.45, 2.75) is 44.4 Å². The lowest BCUT2D eigenvalue weighted by Gasteiger charge is -2.29. The van der Waals surface area contributed by atoms with Crippen LogP contribution in [0.15, 0.2) is 36.7 Å². The molecule has 6 nitrogen and oxygen atoms in total. The normalized spacial score (nSPS) is 19.0. The molecule has 0 bridgehead atoms. The van der Waals surface area contributed by atoms with E-state index < -0.39 is 17.7 Å². The van der Waals surface area contributed by atoms with Gasteiger partial charge in [0.1, 0.15) is 22.8 Å². The highest BCUT2D eigenvalue weighted by molar-refractivity contribution is 5.96. The summed E-state index contributed by atoms with van der Waals surface area (Å²) < 4.78 is 46.1. The SMILES string of the molecule is CCOc1cc2nc(C3CC(O)C3)cn2cc1CC(=O)c1cccc(C(F)(F)F)n1. The molecule has 0 amide bonds. The largest absolute Gasteiger partial charge is 0.493 e. The van der Waals surface area contributed by atoms with Crippen LogP contribution in [0.4, 0.5) is 13.2 Å². The summed E-state index contributed by atoms with van der Waals surface area (Å²) in [5.74, 6) is 0.106. The van der Waals surface area contributed by atoms with Gasteiger partial charge in [-0.1, -0.05) is 6.07 Å². The van der Waals surface area contributed by atoms with E-state index in [1.807, 2.05) is 6.20 Å². The van der Waals surface area contributed by atoms with E-state index in [4.69, 9.17) is 4.74 Å². The van der Waals surface area contributed by atoms with Crippen molar-refractivity contribution in [3.05, 3.63) is 59.3 Å². The van der Waals surface area contributed by atoms with Gasteiger partial charge < -0.3 is 14.2 Å². The van der Waals surface area contributed by atoms with Crippen LogP contribution in [0.3, 0.4) is 0 Å². The molecule has 30 heavy (non-hydrogen) atoms. The molecule has 0 spiro atoms. The van der Waals surface area contributed by atoms with Gasteiger partial charge in [0.15, 0.2) is 5.78 Å². The Morgan fingerprint density at radius 2 is 2.03 bits per heavy atom. The van der Waals surface area contributed by atoms with E-state index in [-0.39, 0.29) is 24.1 Å². The summed E-state index contributed by atoms with van der Waals surface area (Å²) in [6.07, 6.45) is -0.200. The third kappa shape index (κ3) is 4.02. The molecule has 1 aliphatic rings. The standard InChI is InChI=1S/C21H20F3N3O3/c1-2-30-18-9-20-26-16(12-6-14(28)7-12)11-27(20)10-13(18)8-17(29)15-4-3-5-19(25-15)21(22,23)24/h3-5,9-12,14,28H,2,6-8H2,1H3. The highest BCUT2D eigenvalue weighted by Gasteiger charge is 2.33. The van der Waals surface area contributed by atoms with Crippen molar-refractivity contribution in [3.8, 4) is 5.75 Å². The van der Waals surface area contributed by atoms with Gasteiger partial charge in [-0.05, 0) is 31.9 Å². The lowest BCUT2D eigenvalue weighted by molar-refractivity contribution is -0.141. The maximum Gasteiger partial charge on any atom is 0.433 e. The number of ether oxygens (including phenoxy) is 1. The summed E-state index contributed by atoms with van der Waals surface area (Å²) in [5.41, 5.74) is 0.679. The molecule has 1 fully saturated rings. The molecule has 0 radical (unpaired) electrons. The molecular weight excluding hydrogens is 399 g/mol. The highest BCUT2D eigenvalue weighted by atomic mass is 19.4. The molecule has 3 aromatic rings. The molecule has 1 N–H and O–H groups in total. The van der Waals surface area contributed by atoms with Gasteiger partial charge in [0.2, 0.25) is 0 Å². The Labute approximate surface area is 170 Å². The van der Waals surface area contributed by atoms with E-state index in [1.54, 1.807) is 23.6 Å². The smallest absolute Gasteiger partial charge is 0.433 e. The number of rotatable bonds is 6. The van der Waals surface area contributed by atoms with Crippen LogP contribution in [0.2, 0.25) is 0 Å². The van der Waals surface area contributed by atoms with Crippen molar-refractivity contribution in [1.29, 1.82) is 0 Å². The van der Waals surface area contributed by atoms with Crippen LogP contribution in [0.25, 0.3) is 5.65 Å². The average Bonchev–Trinajstić information content (AvgIpc) is 3.07. The van der Waals surface area contributed by atoms with Crippen molar-refractivity contribution in [1.82, 2.24) is 14.4 Å². The van der Waals surface area contributed by atoms with Crippen molar-refractivity contribution in [2.75, 3.05) is 6.61 Å². The Morgan fingerprint density at radius 1 is 1.27 bits per heavy atom. The molecule has 1 aliphatic carbocycles. The van der Waals surface area contributed by atoms with E-state index in [0.717, 1.165) is 11.8 Å². The summed E-state index contributed by atoms with van der Waals surface area (Å²) >= 11 is 0. The number of aromatic nitrogens is 3. The summed E-state index contributed by atoms with van der Waals surface area (Å²) in [5, 5.41) is 9.52. The van der Waals surface area contributed by atoms with Gasteiger partial charge in [-0.3, -0.25) is 4.79 Å². The Balaban J connectivity index is 1.63. The Bertz CT molecular complexity index is 1090. The summed E-state index contributed by atoms with van der Waals surface area (Å²) in [4.78, 5) is 20.7. The maximum atomic E-state index is 12.9. The fraction of sp³-hybridized carbons (Fsp3) is 0.381. The number of hydrogen-bond donors (Lipinski definition) is 1. The number of carbonyl (C=O) groups excluding carboxylic acids is 1. The number of halogens is 3. The predicted octanol–water partition coefficient (Wildman–Crippen LogP) is 3.81. The average molecular weight is 419 g/mol. The molecule has 0 atom stereocenters. The first-order valence-corrected chi connectivity index (χ1v) is 9.64. The third-order valence-electron chi connectivity index (χ3n) is 5.16. The van der Waals surface area contributed by atoms with Gasteiger partial charge in [-0.25, -0.2) is 9.97 Å². The minimum absolute atomic E-state index is 0.158. The fourth-order valence-electron chi connectivity index (χ4n) is 3.54. The summed E-state index contributed by atoms with van der Waals surface area (Å²) in [7, 11) is 0. The summed E-state index contributed by atoms with van der Waals surface area (Å²) in [6.45, 7) is 2.17. The number of nitrogens with zero attached hydrogens (tertiary/aromatic N) is 3. The molecule has 1 saturated carbocycles. The Morgan fingerprint density at radius 3 is 2.70 bits per heavy atom. The molecule has 3 heterocycles. The number of alkyl halides is 3. The quantitative estimate of drug-likeness (QED) is 0.615. The minimum atomic E-state index is -4.62. The van der Waals surface area contributed by atoms with E-state index >= 15 is 0 Å². The topological polar surface area (TPSA) is 76.7 Å².